The number of halogens is 3. The van der Waals surface area contributed by atoms with E-state index in [4.69, 9.17) is 0 Å². The Morgan fingerprint density at radius 2 is 1.86 bits per heavy atom. The van der Waals surface area contributed by atoms with Crippen molar-refractivity contribution in [2.75, 3.05) is 45.8 Å². The van der Waals surface area contributed by atoms with Gasteiger partial charge in [0, 0.05) is 45.7 Å². The van der Waals surface area contributed by atoms with Crippen molar-refractivity contribution in [1.29, 1.82) is 0 Å². The zero-order chi connectivity index (χ0) is 16.3. The van der Waals surface area contributed by atoms with Gasteiger partial charge in [0.2, 0.25) is 11.8 Å². The molecule has 0 aromatic rings. The molecule has 0 N–H and O–H groups in total. The molecule has 22 heavy (non-hydrogen) atoms. The molecule has 0 aromatic carbocycles. The number of alkyl halides is 3. The van der Waals surface area contributed by atoms with Crippen LogP contribution in [-0.4, -0.2) is 78.5 Å². The molecule has 2 amide bonds. The SMILES string of the molecule is CCN1CC(C(=O)N2CCN(CC(F)(F)F)CC2)CCC1=O. The molecule has 0 radical (unpaired) electrons. The number of rotatable bonds is 3. The third-order valence-electron chi connectivity index (χ3n) is 4.32. The highest BCUT2D eigenvalue weighted by Gasteiger charge is 2.35. The first-order valence-corrected chi connectivity index (χ1v) is 7.66. The number of amides is 2. The fourth-order valence-electron chi connectivity index (χ4n) is 3.06. The second-order valence-corrected chi connectivity index (χ2v) is 5.88. The first kappa shape index (κ1) is 17.1. The third-order valence-corrected chi connectivity index (χ3v) is 4.32. The van der Waals surface area contributed by atoms with E-state index < -0.39 is 12.7 Å². The van der Waals surface area contributed by atoms with Crippen LogP contribution in [0.1, 0.15) is 19.8 Å². The molecule has 1 unspecified atom stereocenters. The summed E-state index contributed by atoms with van der Waals surface area (Å²) in [6, 6.07) is 0. The van der Waals surface area contributed by atoms with Crippen LogP contribution in [0.3, 0.4) is 0 Å². The predicted molar refractivity (Wildman–Crippen MR) is 74.1 cm³/mol. The number of likely N-dealkylation sites (tertiary alicyclic amines) is 1. The Kier molecular flexibility index (Phi) is 5.31. The fraction of sp³-hybridized carbons (Fsp3) is 0.857. The second kappa shape index (κ2) is 6.85. The van der Waals surface area contributed by atoms with Crippen molar-refractivity contribution in [3.05, 3.63) is 0 Å². The van der Waals surface area contributed by atoms with E-state index in [1.54, 1.807) is 9.80 Å². The normalized spacial score (nSPS) is 24.7. The Bertz CT molecular complexity index is 420. The number of hydrogen-bond acceptors (Lipinski definition) is 3. The first-order chi connectivity index (χ1) is 10.3. The Labute approximate surface area is 128 Å². The highest BCUT2D eigenvalue weighted by atomic mass is 19.4. The van der Waals surface area contributed by atoms with Crippen molar-refractivity contribution in [3.8, 4) is 0 Å². The van der Waals surface area contributed by atoms with Crippen LogP contribution in [-0.2, 0) is 9.59 Å². The van der Waals surface area contributed by atoms with Gasteiger partial charge >= 0.3 is 6.18 Å². The molecule has 0 aromatic heterocycles. The molecule has 0 aliphatic carbocycles. The quantitative estimate of drug-likeness (QED) is 0.777. The largest absolute Gasteiger partial charge is 0.401 e. The van der Waals surface area contributed by atoms with Gasteiger partial charge in [-0.15, -0.1) is 0 Å². The maximum Gasteiger partial charge on any atom is 0.401 e. The van der Waals surface area contributed by atoms with Crippen LogP contribution in [0.15, 0.2) is 0 Å². The van der Waals surface area contributed by atoms with Crippen molar-refractivity contribution < 1.29 is 22.8 Å². The summed E-state index contributed by atoms with van der Waals surface area (Å²) in [4.78, 5) is 28.7. The first-order valence-electron chi connectivity index (χ1n) is 7.66. The molecule has 126 valence electrons. The van der Waals surface area contributed by atoms with Crippen LogP contribution in [0.5, 0.6) is 0 Å². The van der Waals surface area contributed by atoms with Gasteiger partial charge in [-0.05, 0) is 13.3 Å². The van der Waals surface area contributed by atoms with Crippen LogP contribution in [0.25, 0.3) is 0 Å². The molecule has 2 aliphatic rings. The maximum absolute atomic E-state index is 12.5. The Morgan fingerprint density at radius 3 is 2.41 bits per heavy atom. The highest BCUT2D eigenvalue weighted by molar-refractivity contribution is 5.84. The molecule has 5 nitrogen and oxygen atoms in total. The fourth-order valence-corrected chi connectivity index (χ4v) is 3.06. The van der Waals surface area contributed by atoms with Crippen molar-refractivity contribution >= 4 is 11.8 Å². The summed E-state index contributed by atoms with van der Waals surface area (Å²) in [5.41, 5.74) is 0. The van der Waals surface area contributed by atoms with E-state index in [2.05, 4.69) is 0 Å². The molecular weight excluding hydrogens is 299 g/mol. The van der Waals surface area contributed by atoms with Gasteiger partial charge < -0.3 is 9.80 Å². The molecule has 2 fully saturated rings. The van der Waals surface area contributed by atoms with E-state index in [1.165, 1.54) is 4.90 Å². The van der Waals surface area contributed by atoms with Crippen LogP contribution >= 0.6 is 0 Å². The summed E-state index contributed by atoms with van der Waals surface area (Å²) in [5, 5.41) is 0. The van der Waals surface area contributed by atoms with E-state index in [0.717, 1.165) is 0 Å². The molecule has 8 heteroatoms. The molecule has 2 saturated heterocycles. The van der Waals surface area contributed by atoms with Crippen molar-refractivity contribution in [2.24, 2.45) is 5.92 Å². The Morgan fingerprint density at radius 1 is 1.23 bits per heavy atom. The summed E-state index contributed by atoms with van der Waals surface area (Å²) in [6.45, 7) is 3.11. The predicted octanol–water partition coefficient (Wildman–Crippen LogP) is 0.951. The summed E-state index contributed by atoms with van der Waals surface area (Å²) in [6.07, 6.45) is -3.28. The van der Waals surface area contributed by atoms with Crippen LogP contribution in [0, 0.1) is 5.92 Å². The molecule has 2 rings (SSSR count). The summed E-state index contributed by atoms with van der Waals surface area (Å²) in [7, 11) is 0. The number of nitrogens with zero attached hydrogens (tertiary/aromatic N) is 3. The number of piperidine rings is 1. The molecule has 2 aliphatic heterocycles. The smallest absolute Gasteiger partial charge is 0.342 e. The lowest BCUT2D eigenvalue weighted by Crippen LogP contribution is -2.54. The van der Waals surface area contributed by atoms with Gasteiger partial charge in [-0.25, -0.2) is 0 Å². The highest BCUT2D eigenvalue weighted by Crippen LogP contribution is 2.22. The standard InChI is InChI=1S/C14H22F3N3O2/c1-2-19-9-11(3-4-12(19)21)13(22)20-7-5-18(6-8-20)10-14(15,16)17/h11H,2-10H2,1H3. The van der Waals surface area contributed by atoms with Crippen molar-refractivity contribution in [3.63, 3.8) is 0 Å². The van der Waals surface area contributed by atoms with Gasteiger partial charge in [0.25, 0.3) is 0 Å². The molecule has 1 atom stereocenters. The van der Waals surface area contributed by atoms with Crippen LogP contribution < -0.4 is 0 Å². The average molecular weight is 321 g/mol. The molecule has 0 bridgehead atoms. The third kappa shape index (κ3) is 4.34. The summed E-state index contributed by atoms with van der Waals surface area (Å²) in [5.74, 6) is -0.175. The zero-order valence-corrected chi connectivity index (χ0v) is 12.7. The van der Waals surface area contributed by atoms with Crippen LogP contribution in [0.2, 0.25) is 0 Å². The summed E-state index contributed by atoms with van der Waals surface area (Å²) < 4.78 is 37.0. The van der Waals surface area contributed by atoms with Gasteiger partial charge in [-0.2, -0.15) is 13.2 Å². The second-order valence-electron chi connectivity index (χ2n) is 5.88. The number of piperazine rings is 1. The molecule has 0 spiro atoms. The Hall–Kier alpha value is -1.31. The number of hydrogen-bond donors (Lipinski definition) is 0. The topological polar surface area (TPSA) is 43.9 Å². The average Bonchev–Trinajstić information content (AvgIpc) is 2.46. The minimum absolute atomic E-state index is 0.0300. The van der Waals surface area contributed by atoms with E-state index in [9.17, 15) is 22.8 Å². The molecule has 0 saturated carbocycles. The Balaban J connectivity index is 1.83. The number of carbonyl (C=O) groups excluding carboxylic acids is 2. The maximum atomic E-state index is 12.5. The van der Waals surface area contributed by atoms with Crippen molar-refractivity contribution in [2.45, 2.75) is 25.9 Å². The van der Waals surface area contributed by atoms with E-state index in [0.29, 0.717) is 39.0 Å². The van der Waals surface area contributed by atoms with Crippen LogP contribution in [0.4, 0.5) is 13.2 Å². The van der Waals surface area contributed by atoms with E-state index in [-0.39, 0.29) is 30.8 Å². The lowest BCUT2D eigenvalue weighted by Gasteiger charge is -2.38. The van der Waals surface area contributed by atoms with E-state index >= 15 is 0 Å². The van der Waals surface area contributed by atoms with Gasteiger partial charge in [0.1, 0.15) is 0 Å². The zero-order valence-electron chi connectivity index (χ0n) is 12.7. The minimum atomic E-state index is -4.20. The van der Waals surface area contributed by atoms with E-state index in [1.807, 2.05) is 6.92 Å². The van der Waals surface area contributed by atoms with Crippen molar-refractivity contribution in [1.82, 2.24) is 14.7 Å². The minimum Gasteiger partial charge on any atom is -0.342 e. The monoisotopic (exact) mass is 321 g/mol. The van der Waals surface area contributed by atoms with Gasteiger partial charge in [-0.3, -0.25) is 14.5 Å². The number of carbonyl (C=O) groups is 2. The van der Waals surface area contributed by atoms with Gasteiger partial charge in [0.05, 0.1) is 12.5 Å². The van der Waals surface area contributed by atoms with Gasteiger partial charge in [-0.1, -0.05) is 0 Å². The molecule has 2 heterocycles. The van der Waals surface area contributed by atoms with Gasteiger partial charge in [0.15, 0.2) is 0 Å². The summed E-state index contributed by atoms with van der Waals surface area (Å²) >= 11 is 0. The molecular formula is C14H22F3N3O2. The lowest BCUT2D eigenvalue weighted by atomic mass is 9.95. The lowest BCUT2D eigenvalue weighted by molar-refractivity contribution is -0.153.